The molecule has 0 saturated heterocycles. The highest BCUT2D eigenvalue weighted by atomic mass is 16.6. The van der Waals surface area contributed by atoms with Crippen molar-refractivity contribution in [2.45, 2.75) is 232 Å². The molecule has 1 atom stereocenters. The van der Waals surface area contributed by atoms with Crippen molar-refractivity contribution in [3.63, 3.8) is 0 Å². The molecule has 0 aromatic rings. The lowest BCUT2D eigenvalue weighted by atomic mass is 10.1. The predicted octanol–water partition coefficient (Wildman–Crippen LogP) is 17.5. The molecule has 0 heterocycles. The zero-order valence-electron chi connectivity index (χ0n) is 40.6. The van der Waals surface area contributed by atoms with Gasteiger partial charge in [-0.2, -0.15) is 0 Å². The number of allylic oxidation sites excluding steroid dienone is 16. The SMILES string of the molecule is CC/C=C\C/C=C\C/C=C\C/C=C\CCCCC(=O)OCC(COCCCCCCCCCC/C=C\CCCCCCCC)OC(=O)CCCCC/C=C\C/C=C\C/C=C\CC. The van der Waals surface area contributed by atoms with Gasteiger partial charge in [0.2, 0.25) is 0 Å². The van der Waals surface area contributed by atoms with E-state index < -0.39 is 6.10 Å². The summed E-state index contributed by atoms with van der Waals surface area (Å²) in [5.41, 5.74) is 0. The van der Waals surface area contributed by atoms with E-state index in [-0.39, 0.29) is 25.2 Å². The van der Waals surface area contributed by atoms with Crippen LogP contribution >= 0.6 is 0 Å². The fourth-order valence-corrected chi connectivity index (χ4v) is 6.80. The third-order valence-electron chi connectivity index (χ3n) is 10.6. The second kappa shape index (κ2) is 52.2. The van der Waals surface area contributed by atoms with E-state index in [1.165, 1.54) is 89.9 Å². The first-order valence-electron chi connectivity index (χ1n) is 25.8. The van der Waals surface area contributed by atoms with Gasteiger partial charge in [-0.25, -0.2) is 0 Å². The summed E-state index contributed by atoms with van der Waals surface area (Å²) in [6.07, 6.45) is 69.9. The Labute approximate surface area is 383 Å². The standard InChI is InChI=1S/C57H96O5/c1-4-7-10-13-16-19-22-25-27-28-29-31-34-37-40-43-46-49-52-60-53-55(62-57(59)51-48-45-42-39-36-32-24-21-18-15-12-9-6-3)54-61-56(58)50-47-44-41-38-35-33-30-26-23-20-17-14-11-8-5-2/h8-9,11-12,17-18,20-21,25-27,30,32,35-36,38,55H,4-7,10,13-16,19,22-24,28-29,31,33-34,37,39-54H2,1-3H3/b11-8-,12-9-,20-17-,21-18-,27-25-,30-26-,36-32-,38-35-. The summed E-state index contributed by atoms with van der Waals surface area (Å²) in [5.74, 6) is -0.484. The maximum absolute atomic E-state index is 12.8. The van der Waals surface area contributed by atoms with Crippen LogP contribution in [0, 0.1) is 0 Å². The monoisotopic (exact) mass is 861 g/mol. The van der Waals surface area contributed by atoms with Crippen molar-refractivity contribution in [3.05, 3.63) is 97.2 Å². The minimum absolute atomic E-state index is 0.0461. The highest BCUT2D eigenvalue weighted by Crippen LogP contribution is 2.13. The number of hydrogen-bond acceptors (Lipinski definition) is 5. The third kappa shape index (κ3) is 49.5. The fraction of sp³-hybridized carbons (Fsp3) is 0.684. The smallest absolute Gasteiger partial charge is 0.306 e. The largest absolute Gasteiger partial charge is 0.462 e. The van der Waals surface area contributed by atoms with Gasteiger partial charge in [0.05, 0.1) is 6.61 Å². The van der Waals surface area contributed by atoms with E-state index in [2.05, 4.69) is 118 Å². The van der Waals surface area contributed by atoms with Gasteiger partial charge >= 0.3 is 11.9 Å². The molecule has 5 heteroatoms. The molecule has 0 fully saturated rings. The van der Waals surface area contributed by atoms with Crippen LogP contribution in [0.3, 0.4) is 0 Å². The van der Waals surface area contributed by atoms with E-state index in [0.29, 0.717) is 19.4 Å². The van der Waals surface area contributed by atoms with Crippen LogP contribution < -0.4 is 0 Å². The van der Waals surface area contributed by atoms with Crippen molar-refractivity contribution in [2.24, 2.45) is 0 Å². The van der Waals surface area contributed by atoms with Crippen LogP contribution in [0.4, 0.5) is 0 Å². The summed E-state index contributed by atoms with van der Waals surface area (Å²) >= 11 is 0. The van der Waals surface area contributed by atoms with E-state index in [4.69, 9.17) is 14.2 Å². The molecule has 0 aromatic carbocycles. The lowest BCUT2D eigenvalue weighted by Gasteiger charge is -2.18. The zero-order valence-corrected chi connectivity index (χ0v) is 40.6. The average molecular weight is 861 g/mol. The number of carbonyl (C=O) groups excluding carboxylic acids is 2. The Balaban J connectivity index is 4.36. The topological polar surface area (TPSA) is 61.8 Å². The minimum Gasteiger partial charge on any atom is -0.462 e. The van der Waals surface area contributed by atoms with Gasteiger partial charge < -0.3 is 14.2 Å². The highest BCUT2D eigenvalue weighted by Gasteiger charge is 2.17. The van der Waals surface area contributed by atoms with Gasteiger partial charge in [0.25, 0.3) is 0 Å². The molecule has 0 aromatic heterocycles. The van der Waals surface area contributed by atoms with Gasteiger partial charge in [0, 0.05) is 19.4 Å². The van der Waals surface area contributed by atoms with Crippen molar-refractivity contribution in [3.8, 4) is 0 Å². The number of hydrogen-bond donors (Lipinski definition) is 0. The second-order valence-electron chi connectivity index (χ2n) is 16.7. The summed E-state index contributed by atoms with van der Waals surface area (Å²) in [7, 11) is 0. The quantitative estimate of drug-likeness (QED) is 0.0347. The number of carbonyl (C=O) groups is 2. The van der Waals surface area contributed by atoms with Gasteiger partial charge in [0.15, 0.2) is 6.10 Å². The third-order valence-corrected chi connectivity index (χ3v) is 10.6. The summed E-state index contributed by atoms with van der Waals surface area (Å²) in [5, 5.41) is 0. The number of unbranched alkanes of at least 4 members (excludes halogenated alkanes) is 19. The maximum atomic E-state index is 12.8. The van der Waals surface area contributed by atoms with E-state index in [0.717, 1.165) is 103 Å². The van der Waals surface area contributed by atoms with Gasteiger partial charge in [0.1, 0.15) is 6.61 Å². The Hall–Kier alpha value is -3.18. The molecule has 0 amide bonds. The minimum atomic E-state index is -0.574. The molecule has 62 heavy (non-hydrogen) atoms. The van der Waals surface area contributed by atoms with Gasteiger partial charge in [-0.1, -0.05) is 195 Å². The highest BCUT2D eigenvalue weighted by molar-refractivity contribution is 5.70. The Morgan fingerprint density at radius 1 is 0.371 bits per heavy atom. The van der Waals surface area contributed by atoms with Crippen LogP contribution in [0.1, 0.15) is 226 Å². The fourth-order valence-electron chi connectivity index (χ4n) is 6.80. The van der Waals surface area contributed by atoms with Crippen LogP contribution in [0.25, 0.3) is 0 Å². The van der Waals surface area contributed by atoms with Gasteiger partial charge in [-0.05, 0) is 116 Å². The van der Waals surface area contributed by atoms with Gasteiger partial charge in [-0.15, -0.1) is 0 Å². The first kappa shape index (κ1) is 58.8. The summed E-state index contributed by atoms with van der Waals surface area (Å²) in [6, 6.07) is 0. The molecule has 0 aliphatic heterocycles. The van der Waals surface area contributed by atoms with Crippen molar-refractivity contribution in [1.29, 1.82) is 0 Å². The number of esters is 2. The predicted molar refractivity (Wildman–Crippen MR) is 270 cm³/mol. The van der Waals surface area contributed by atoms with Crippen LogP contribution in [-0.4, -0.2) is 37.9 Å². The molecule has 5 nitrogen and oxygen atoms in total. The molecular weight excluding hydrogens is 765 g/mol. The maximum Gasteiger partial charge on any atom is 0.306 e. The van der Waals surface area contributed by atoms with E-state index >= 15 is 0 Å². The lowest BCUT2D eigenvalue weighted by Crippen LogP contribution is -2.30. The van der Waals surface area contributed by atoms with Crippen molar-refractivity contribution in [1.82, 2.24) is 0 Å². The summed E-state index contributed by atoms with van der Waals surface area (Å²) in [4.78, 5) is 25.4. The second-order valence-corrected chi connectivity index (χ2v) is 16.7. The molecule has 0 radical (unpaired) electrons. The van der Waals surface area contributed by atoms with Crippen LogP contribution in [-0.2, 0) is 23.8 Å². The summed E-state index contributed by atoms with van der Waals surface area (Å²) in [6.45, 7) is 7.51. The molecule has 0 aliphatic rings. The average Bonchev–Trinajstić information content (AvgIpc) is 3.27. The molecule has 1 unspecified atom stereocenters. The Kier molecular flexibility index (Phi) is 49.5. The molecule has 0 bridgehead atoms. The molecule has 0 rings (SSSR count). The number of ether oxygens (including phenoxy) is 3. The Morgan fingerprint density at radius 3 is 1.21 bits per heavy atom. The molecule has 0 aliphatic carbocycles. The normalized spacial score (nSPS) is 13.0. The van der Waals surface area contributed by atoms with Crippen molar-refractivity contribution < 1.29 is 23.8 Å². The summed E-state index contributed by atoms with van der Waals surface area (Å²) < 4.78 is 17.3. The molecule has 0 spiro atoms. The van der Waals surface area contributed by atoms with E-state index in [1.807, 2.05) is 0 Å². The van der Waals surface area contributed by atoms with Crippen LogP contribution in [0.15, 0.2) is 97.2 Å². The Bertz CT molecular complexity index is 1200. The molecular formula is C57H96O5. The number of rotatable bonds is 46. The zero-order chi connectivity index (χ0) is 44.9. The first-order valence-corrected chi connectivity index (χ1v) is 25.8. The van der Waals surface area contributed by atoms with Gasteiger partial charge in [-0.3, -0.25) is 9.59 Å². The molecule has 0 saturated carbocycles. The Morgan fingerprint density at radius 2 is 0.726 bits per heavy atom. The van der Waals surface area contributed by atoms with Crippen molar-refractivity contribution >= 4 is 11.9 Å². The lowest BCUT2D eigenvalue weighted by molar-refractivity contribution is -0.163. The van der Waals surface area contributed by atoms with Crippen molar-refractivity contribution in [2.75, 3.05) is 19.8 Å². The molecule has 354 valence electrons. The van der Waals surface area contributed by atoms with Crippen LogP contribution in [0.2, 0.25) is 0 Å². The molecule has 0 N–H and O–H groups in total. The van der Waals surface area contributed by atoms with E-state index in [9.17, 15) is 9.59 Å². The first-order chi connectivity index (χ1) is 30.6. The van der Waals surface area contributed by atoms with Crippen LogP contribution in [0.5, 0.6) is 0 Å². The van der Waals surface area contributed by atoms with E-state index in [1.54, 1.807) is 0 Å².